The summed E-state index contributed by atoms with van der Waals surface area (Å²) in [5.41, 5.74) is 0.307. The Labute approximate surface area is 183 Å². The highest BCUT2D eigenvalue weighted by Gasteiger charge is 2.23. The molecule has 3 rings (SSSR count). The molecule has 3 heterocycles. The fourth-order valence-corrected chi connectivity index (χ4v) is 3.51. The smallest absolute Gasteiger partial charge is 0.324 e. The van der Waals surface area contributed by atoms with Gasteiger partial charge in [0.05, 0.1) is 19.4 Å². The molecule has 1 amide bonds. The van der Waals surface area contributed by atoms with E-state index in [1.165, 1.54) is 0 Å². The molecule has 0 radical (unpaired) electrons. The van der Waals surface area contributed by atoms with Gasteiger partial charge in [0.2, 0.25) is 0 Å². The molecule has 1 fully saturated rings. The number of amides is 1. The zero-order chi connectivity index (χ0) is 22.2. The fraction of sp³-hybridized carbons (Fsp3) is 0.636. The predicted molar refractivity (Wildman–Crippen MR) is 116 cm³/mol. The van der Waals surface area contributed by atoms with Crippen molar-refractivity contribution in [3.8, 4) is 5.75 Å². The van der Waals surface area contributed by atoms with Crippen LogP contribution in [0, 0.1) is 5.92 Å². The summed E-state index contributed by atoms with van der Waals surface area (Å²) in [6.07, 6.45) is 5.86. The van der Waals surface area contributed by atoms with Gasteiger partial charge in [-0.2, -0.15) is 4.98 Å². The summed E-state index contributed by atoms with van der Waals surface area (Å²) >= 11 is 0. The highest BCUT2D eigenvalue weighted by molar-refractivity contribution is 5.92. The van der Waals surface area contributed by atoms with Crippen LogP contribution in [0.15, 0.2) is 22.9 Å². The summed E-state index contributed by atoms with van der Waals surface area (Å²) in [5.74, 6) is 2.05. The van der Waals surface area contributed by atoms with Crippen molar-refractivity contribution in [3.63, 3.8) is 0 Å². The minimum Gasteiger partial charge on any atom is -0.492 e. The fourth-order valence-electron chi connectivity index (χ4n) is 3.51. The molecule has 1 saturated heterocycles. The van der Waals surface area contributed by atoms with Gasteiger partial charge in [-0.1, -0.05) is 19.0 Å². The molecular formula is C22H33N5O4. The molecule has 170 valence electrons. The van der Waals surface area contributed by atoms with Crippen molar-refractivity contribution in [2.45, 2.75) is 58.4 Å². The number of carbonyl (C=O) groups excluding carboxylic acids is 1. The first kappa shape index (κ1) is 23.0. The van der Waals surface area contributed by atoms with Gasteiger partial charge in [0.25, 0.3) is 5.91 Å². The first-order valence-corrected chi connectivity index (χ1v) is 11.1. The molecule has 2 aromatic rings. The van der Waals surface area contributed by atoms with Gasteiger partial charge in [-0.25, -0.2) is 4.98 Å². The minimum atomic E-state index is -0.305. The number of nitrogens with one attached hydrogen (secondary N) is 1. The Morgan fingerprint density at radius 2 is 2.10 bits per heavy atom. The van der Waals surface area contributed by atoms with Gasteiger partial charge in [-0.05, 0) is 50.7 Å². The molecule has 0 spiro atoms. The highest BCUT2D eigenvalue weighted by Crippen LogP contribution is 2.26. The Morgan fingerprint density at radius 1 is 1.32 bits per heavy atom. The molecule has 9 nitrogen and oxygen atoms in total. The molecule has 1 aliphatic rings. The second kappa shape index (κ2) is 11.1. The number of piperidine rings is 1. The molecule has 0 aromatic carbocycles. The van der Waals surface area contributed by atoms with Crippen LogP contribution in [0.2, 0.25) is 0 Å². The van der Waals surface area contributed by atoms with E-state index >= 15 is 0 Å². The largest absolute Gasteiger partial charge is 0.492 e. The predicted octanol–water partition coefficient (Wildman–Crippen LogP) is 2.77. The maximum atomic E-state index is 12.0. The van der Waals surface area contributed by atoms with Crippen molar-refractivity contribution in [1.82, 2.24) is 20.4 Å². The van der Waals surface area contributed by atoms with Gasteiger partial charge in [-0.3, -0.25) is 4.79 Å². The SMILES string of the molecule is CC(C)c1noc(N2CCC(CCCOc3ccc(C(=O)N[C@H](C)CO)nc3)CC2)n1. The number of aliphatic hydroxyl groups is 1. The van der Waals surface area contributed by atoms with Crippen LogP contribution < -0.4 is 15.0 Å². The summed E-state index contributed by atoms with van der Waals surface area (Å²) in [4.78, 5) is 22.8. The average molecular weight is 432 g/mol. The van der Waals surface area contributed by atoms with Crippen molar-refractivity contribution >= 4 is 11.9 Å². The number of ether oxygens (including phenoxy) is 1. The van der Waals surface area contributed by atoms with E-state index in [1.54, 1.807) is 25.3 Å². The second-order valence-electron chi connectivity index (χ2n) is 8.45. The third-order valence-corrected chi connectivity index (χ3v) is 5.48. The Kier molecular flexibility index (Phi) is 8.22. The van der Waals surface area contributed by atoms with Crippen LogP contribution in [0.25, 0.3) is 0 Å². The van der Waals surface area contributed by atoms with Gasteiger partial charge < -0.3 is 24.6 Å². The van der Waals surface area contributed by atoms with Crippen LogP contribution in [-0.2, 0) is 0 Å². The van der Waals surface area contributed by atoms with Gasteiger partial charge in [-0.15, -0.1) is 0 Å². The maximum Gasteiger partial charge on any atom is 0.324 e. The number of anilines is 1. The van der Waals surface area contributed by atoms with Crippen LogP contribution in [0.3, 0.4) is 0 Å². The Hall–Kier alpha value is -2.68. The topological polar surface area (TPSA) is 114 Å². The van der Waals surface area contributed by atoms with Gasteiger partial charge >= 0.3 is 6.01 Å². The van der Waals surface area contributed by atoms with E-state index in [0.717, 1.165) is 44.6 Å². The van der Waals surface area contributed by atoms with Crippen molar-refractivity contribution in [2.24, 2.45) is 5.92 Å². The molecule has 2 N–H and O–H groups in total. The average Bonchev–Trinajstić information content (AvgIpc) is 3.28. The molecule has 0 bridgehead atoms. The van der Waals surface area contributed by atoms with Crippen molar-refractivity contribution in [3.05, 3.63) is 29.8 Å². The van der Waals surface area contributed by atoms with Crippen LogP contribution >= 0.6 is 0 Å². The lowest BCUT2D eigenvalue weighted by molar-refractivity contribution is 0.0917. The summed E-state index contributed by atoms with van der Waals surface area (Å²) in [6.45, 7) is 8.24. The van der Waals surface area contributed by atoms with Crippen molar-refractivity contribution in [2.75, 3.05) is 31.2 Å². The third kappa shape index (κ3) is 6.65. The van der Waals surface area contributed by atoms with Crippen LogP contribution in [0.5, 0.6) is 5.75 Å². The van der Waals surface area contributed by atoms with Crippen molar-refractivity contribution in [1.29, 1.82) is 0 Å². The van der Waals surface area contributed by atoms with Gasteiger partial charge in [0, 0.05) is 25.0 Å². The normalized spacial score (nSPS) is 15.8. The van der Waals surface area contributed by atoms with Crippen LogP contribution in [0.1, 0.15) is 68.7 Å². The lowest BCUT2D eigenvalue weighted by Gasteiger charge is -2.30. The Morgan fingerprint density at radius 3 is 2.71 bits per heavy atom. The number of hydrogen-bond donors (Lipinski definition) is 2. The molecule has 0 unspecified atom stereocenters. The van der Waals surface area contributed by atoms with E-state index in [0.29, 0.717) is 30.0 Å². The quantitative estimate of drug-likeness (QED) is 0.552. The first-order valence-electron chi connectivity index (χ1n) is 11.1. The molecule has 1 aliphatic heterocycles. The molecule has 0 aliphatic carbocycles. The lowest BCUT2D eigenvalue weighted by atomic mass is 9.92. The minimum absolute atomic E-state index is 0.109. The van der Waals surface area contributed by atoms with Gasteiger partial charge in [0.1, 0.15) is 11.4 Å². The van der Waals surface area contributed by atoms with E-state index in [9.17, 15) is 4.79 Å². The standard InChI is InChI=1S/C22H33N5O4/c1-15(2)20-25-22(31-26-20)27-10-8-17(9-11-27)5-4-12-30-18-6-7-19(23-13-18)21(29)24-16(3)14-28/h6-7,13,15-17,28H,4-5,8-12,14H2,1-3H3,(H,24,29)/t16-/m1/s1. The molecule has 1 atom stereocenters. The van der Waals surface area contributed by atoms with E-state index in [1.807, 2.05) is 0 Å². The summed E-state index contributed by atoms with van der Waals surface area (Å²) < 4.78 is 11.2. The zero-order valence-electron chi connectivity index (χ0n) is 18.6. The first-order chi connectivity index (χ1) is 15.0. The van der Waals surface area contributed by atoms with Crippen molar-refractivity contribution < 1.29 is 19.2 Å². The Bertz CT molecular complexity index is 816. The molecule has 0 saturated carbocycles. The number of aliphatic hydroxyl groups excluding tert-OH is 1. The van der Waals surface area contributed by atoms with Gasteiger partial charge in [0.15, 0.2) is 5.82 Å². The maximum absolute atomic E-state index is 12.0. The lowest BCUT2D eigenvalue weighted by Crippen LogP contribution is -2.35. The zero-order valence-corrected chi connectivity index (χ0v) is 18.6. The van der Waals surface area contributed by atoms with E-state index in [2.05, 4.69) is 39.2 Å². The van der Waals surface area contributed by atoms with E-state index in [4.69, 9.17) is 14.4 Å². The molecule has 9 heteroatoms. The second-order valence-corrected chi connectivity index (χ2v) is 8.45. The number of hydrogen-bond acceptors (Lipinski definition) is 8. The molecule has 31 heavy (non-hydrogen) atoms. The molecular weight excluding hydrogens is 398 g/mol. The highest BCUT2D eigenvalue weighted by atomic mass is 16.5. The summed E-state index contributed by atoms with van der Waals surface area (Å²) in [7, 11) is 0. The number of aromatic nitrogens is 3. The van der Waals surface area contributed by atoms with E-state index in [-0.39, 0.29) is 24.5 Å². The third-order valence-electron chi connectivity index (χ3n) is 5.48. The van der Waals surface area contributed by atoms with E-state index < -0.39 is 0 Å². The van der Waals surface area contributed by atoms with Crippen LogP contribution in [-0.4, -0.2) is 58.5 Å². The number of carbonyl (C=O) groups is 1. The number of rotatable bonds is 10. The van der Waals surface area contributed by atoms with Crippen LogP contribution in [0.4, 0.5) is 6.01 Å². The molecule has 2 aromatic heterocycles. The monoisotopic (exact) mass is 431 g/mol. The Balaban J connectivity index is 1.33. The number of nitrogens with zero attached hydrogens (tertiary/aromatic N) is 4. The summed E-state index contributed by atoms with van der Waals surface area (Å²) in [6, 6.07) is 3.72. The number of pyridine rings is 1. The summed E-state index contributed by atoms with van der Waals surface area (Å²) in [5, 5.41) is 15.7.